The first kappa shape index (κ1) is 16.7. The van der Waals surface area contributed by atoms with Crippen LogP contribution >= 0.6 is 0 Å². The number of amides is 1. The van der Waals surface area contributed by atoms with Crippen molar-refractivity contribution in [3.8, 4) is 11.6 Å². The first-order valence-corrected chi connectivity index (χ1v) is 8.48. The molecule has 1 aliphatic heterocycles. The van der Waals surface area contributed by atoms with Crippen LogP contribution in [0.1, 0.15) is 24.2 Å². The van der Waals surface area contributed by atoms with E-state index in [-0.39, 0.29) is 17.0 Å². The van der Waals surface area contributed by atoms with Crippen LogP contribution in [-0.2, 0) is 0 Å². The summed E-state index contributed by atoms with van der Waals surface area (Å²) in [5.41, 5.74) is 0.482. The highest BCUT2D eigenvalue weighted by Gasteiger charge is 2.29. The van der Waals surface area contributed by atoms with Gasteiger partial charge in [-0.3, -0.25) is 4.79 Å². The first-order chi connectivity index (χ1) is 12.4. The molecule has 1 aromatic carbocycles. The van der Waals surface area contributed by atoms with Gasteiger partial charge < -0.3 is 14.6 Å². The van der Waals surface area contributed by atoms with Gasteiger partial charge in [-0.15, -0.1) is 0 Å². The van der Waals surface area contributed by atoms with E-state index in [1.807, 2.05) is 0 Å². The van der Waals surface area contributed by atoms with E-state index in [1.165, 1.54) is 18.5 Å². The third kappa shape index (κ3) is 3.06. The molecule has 1 N–H and O–H groups in total. The molecule has 1 fully saturated rings. The first-order valence-electron chi connectivity index (χ1n) is 8.48. The van der Waals surface area contributed by atoms with Crippen molar-refractivity contribution < 1.29 is 13.6 Å². The van der Waals surface area contributed by atoms with Crippen molar-refractivity contribution in [3.63, 3.8) is 0 Å². The molecule has 0 saturated carbocycles. The smallest absolute Gasteiger partial charge is 0.257 e. The largest absolute Gasteiger partial charge is 0.450 e. The highest BCUT2D eigenvalue weighted by Crippen LogP contribution is 2.27. The number of aromatic nitrogens is 2. The maximum atomic E-state index is 13.8. The van der Waals surface area contributed by atoms with Crippen molar-refractivity contribution in [2.24, 2.45) is 0 Å². The number of para-hydroxylation sites is 1. The number of nitrogens with one attached hydrogen (secondary N) is 1. The van der Waals surface area contributed by atoms with Gasteiger partial charge in [0, 0.05) is 43.0 Å². The van der Waals surface area contributed by atoms with E-state index in [9.17, 15) is 9.18 Å². The summed E-state index contributed by atoms with van der Waals surface area (Å²) in [6.45, 7) is 6.14. The number of benzene rings is 1. The molecular formula is C19H19FN4O2. The lowest BCUT2D eigenvalue weighted by atomic mass is 10.0. The third-order valence-corrected chi connectivity index (χ3v) is 4.47. The molecule has 0 atom stereocenters. The number of hydrogen-bond donors (Lipinski definition) is 1. The van der Waals surface area contributed by atoms with Crippen LogP contribution in [0.5, 0.6) is 0 Å². The van der Waals surface area contributed by atoms with Crippen LogP contribution in [0.25, 0.3) is 22.6 Å². The second kappa shape index (κ2) is 6.17. The van der Waals surface area contributed by atoms with Gasteiger partial charge in [0.05, 0.1) is 5.56 Å². The summed E-state index contributed by atoms with van der Waals surface area (Å²) in [6, 6.07) is 6.41. The van der Waals surface area contributed by atoms with Gasteiger partial charge in [-0.25, -0.2) is 14.4 Å². The molecule has 3 heterocycles. The molecule has 0 aliphatic carbocycles. The Hall–Kier alpha value is -2.80. The van der Waals surface area contributed by atoms with E-state index >= 15 is 0 Å². The summed E-state index contributed by atoms with van der Waals surface area (Å²) >= 11 is 0. The Labute approximate surface area is 150 Å². The van der Waals surface area contributed by atoms with Crippen molar-refractivity contribution >= 4 is 16.9 Å². The lowest BCUT2D eigenvalue weighted by Gasteiger charge is -2.39. The minimum absolute atomic E-state index is 0.0956. The van der Waals surface area contributed by atoms with Gasteiger partial charge in [-0.2, -0.15) is 0 Å². The fourth-order valence-electron chi connectivity index (χ4n) is 3.20. The molecular weight excluding hydrogens is 335 g/mol. The Balaban J connectivity index is 1.58. The summed E-state index contributed by atoms with van der Waals surface area (Å²) < 4.78 is 19.3. The minimum Gasteiger partial charge on any atom is -0.450 e. The van der Waals surface area contributed by atoms with E-state index in [0.717, 1.165) is 6.54 Å². The number of piperazine rings is 1. The Morgan fingerprint density at radius 1 is 1.31 bits per heavy atom. The number of rotatable bonds is 2. The summed E-state index contributed by atoms with van der Waals surface area (Å²) in [7, 11) is 0. The molecule has 1 aliphatic rings. The fraction of sp³-hybridized carbons (Fsp3) is 0.316. The Bertz CT molecular complexity index is 965. The number of carbonyl (C=O) groups excluding carboxylic acids is 1. The maximum absolute atomic E-state index is 13.8. The number of fused-ring (bicyclic) bond motifs is 1. The van der Waals surface area contributed by atoms with Gasteiger partial charge in [0.15, 0.2) is 23.0 Å². The van der Waals surface area contributed by atoms with Gasteiger partial charge in [0.2, 0.25) is 0 Å². The second-order valence-electron chi connectivity index (χ2n) is 7.10. The lowest BCUT2D eigenvalue weighted by Crippen LogP contribution is -2.58. The zero-order valence-corrected chi connectivity index (χ0v) is 14.6. The molecule has 0 spiro atoms. The molecule has 0 unspecified atom stereocenters. The van der Waals surface area contributed by atoms with E-state index in [4.69, 9.17) is 4.42 Å². The topological polar surface area (TPSA) is 71.3 Å². The summed E-state index contributed by atoms with van der Waals surface area (Å²) in [5, 5.41) is 4.02. The molecule has 1 saturated heterocycles. The van der Waals surface area contributed by atoms with Crippen molar-refractivity contribution in [1.29, 1.82) is 0 Å². The van der Waals surface area contributed by atoms with Gasteiger partial charge in [0.25, 0.3) is 5.91 Å². The Kier molecular flexibility index (Phi) is 3.96. The van der Waals surface area contributed by atoms with E-state index in [2.05, 4.69) is 29.1 Å². The summed E-state index contributed by atoms with van der Waals surface area (Å²) in [6.07, 6.45) is 2.98. The standard InChI is InChI=1S/C19H19FN4O2/c1-19(2)11-24(7-6-23-19)18(25)13-9-21-17(22-10-13)15-8-12-4-3-5-14(20)16(12)26-15/h3-5,8-10,23H,6-7,11H2,1-2H3. The van der Waals surface area contributed by atoms with Crippen LogP contribution in [0, 0.1) is 5.82 Å². The van der Waals surface area contributed by atoms with Crippen LogP contribution in [0.3, 0.4) is 0 Å². The lowest BCUT2D eigenvalue weighted by molar-refractivity contribution is 0.0651. The molecule has 0 radical (unpaired) electrons. The van der Waals surface area contributed by atoms with Gasteiger partial charge in [-0.1, -0.05) is 12.1 Å². The van der Waals surface area contributed by atoms with Crippen molar-refractivity contribution in [2.45, 2.75) is 19.4 Å². The minimum atomic E-state index is -0.429. The highest BCUT2D eigenvalue weighted by molar-refractivity contribution is 5.94. The monoisotopic (exact) mass is 354 g/mol. The number of hydrogen-bond acceptors (Lipinski definition) is 5. The van der Waals surface area contributed by atoms with Crippen LogP contribution in [-0.4, -0.2) is 45.9 Å². The Morgan fingerprint density at radius 2 is 2.08 bits per heavy atom. The van der Waals surface area contributed by atoms with Crippen molar-refractivity contribution in [1.82, 2.24) is 20.2 Å². The van der Waals surface area contributed by atoms with Crippen LogP contribution in [0.15, 0.2) is 41.1 Å². The number of carbonyl (C=O) groups is 1. The van der Waals surface area contributed by atoms with E-state index in [1.54, 1.807) is 23.1 Å². The van der Waals surface area contributed by atoms with Crippen molar-refractivity contribution in [3.05, 3.63) is 48.0 Å². The predicted octanol–water partition coefficient (Wildman–Crippen LogP) is 2.85. The zero-order chi connectivity index (χ0) is 18.3. The molecule has 6 nitrogen and oxygen atoms in total. The number of nitrogens with zero attached hydrogens (tertiary/aromatic N) is 3. The van der Waals surface area contributed by atoms with Gasteiger partial charge in [0.1, 0.15) is 0 Å². The highest BCUT2D eigenvalue weighted by atomic mass is 19.1. The van der Waals surface area contributed by atoms with Crippen molar-refractivity contribution in [2.75, 3.05) is 19.6 Å². The second-order valence-corrected chi connectivity index (χ2v) is 7.10. The molecule has 4 rings (SSSR count). The normalized spacial score (nSPS) is 16.8. The number of halogens is 1. The molecule has 2 aromatic heterocycles. The zero-order valence-electron chi connectivity index (χ0n) is 14.6. The average Bonchev–Trinajstić information content (AvgIpc) is 3.06. The third-order valence-electron chi connectivity index (χ3n) is 4.47. The SMILES string of the molecule is CC1(C)CN(C(=O)c2cnc(-c3cc4cccc(F)c4o3)nc2)CCN1. The van der Waals surface area contributed by atoms with Crippen LogP contribution < -0.4 is 5.32 Å². The van der Waals surface area contributed by atoms with E-state index in [0.29, 0.717) is 35.6 Å². The van der Waals surface area contributed by atoms with Crippen LogP contribution in [0.2, 0.25) is 0 Å². The quantitative estimate of drug-likeness (QED) is 0.766. The average molecular weight is 354 g/mol. The molecule has 1 amide bonds. The molecule has 26 heavy (non-hydrogen) atoms. The van der Waals surface area contributed by atoms with Gasteiger partial charge >= 0.3 is 0 Å². The summed E-state index contributed by atoms with van der Waals surface area (Å²) in [4.78, 5) is 22.9. The summed E-state index contributed by atoms with van der Waals surface area (Å²) in [5.74, 6) is 0.161. The predicted molar refractivity (Wildman–Crippen MR) is 95.2 cm³/mol. The molecule has 0 bridgehead atoms. The molecule has 134 valence electrons. The van der Waals surface area contributed by atoms with E-state index < -0.39 is 5.82 Å². The maximum Gasteiger partial charge on any atom is 0.257 e. The van der Waals surface area contributed by atoms with Gasteiger partial charge in [-0.05, 0) is 26.0 Å². The fourth-order valence-corrected chi connectivity index (χ4v) is 3.20. The van der Waals surface area contributed by atoms with Crippen LogP contribution in [0.4, 0.5) is 4.39 Å². The number of furan rings is 1. The Morgan fingerprint density at radius 3 is 2.77 bits per heavy atom. The molecule has 3 aromatic rings. The molecule has 7 heteroatoms.